The number of hydrogen-bond donors (Lipinski definition) is 2. The Balaban J connectivity index is 0.00000480. The minimum Gasteiger partial charge on any atom is -0.377 e. The minimum atomic E-state index is -3.21. The Morgan fingerprint density at radius 2 is 1.77 bits per heavy atom. The van der Waals surface area contributed by atoms with Gasteiger partial charge in [0.15, 0.2) is 15.8 Å². The quantitative estimate of drug-likeness (QED) is 0.198. The molecule has 2 aromatic rings. The molecule has 0 saturated heterocycles. The zero-order valence-corrected chi connectivity index (χ0v) is 21.9. The van der Waals surface area contributed by atoms with E-state index in [1.54, 1.807) is 6.07 Å². The second-order valence-electron chi connectivity index (χ2n) is 7.24. The van der Waals surface area contributed by atoms with Crippen LogP contribution in [-0.4, -0.2) is 33.8 Å². The molecule has 0 bridgehead atoms. The lowest BCUT2D eigenvalue weighted by Gasteiger charge is -2.14. The molecule has 0 aliphatic carbocycles. The zero-order chi connectivity index (χ0) is 22.0. The Labute approximate surface area is 203 Å². The van der Waals surface area contributed by atoms with Gasteiger partial charge in [0.1, 0.15) is 0 Å². The lowest BCUT2D eigenvalue weighted by Crippen LogP contribution is -2.37. The Bertz CT molecular complexity index is 962. The molecular formula is C23H34IN3O3S. The Morgan fingerprint density at radius 1 is 1.06 bits per heavy atom. The van der Waals surface area contributed by atoms with Gasteiger partial charge in [-0.3, -0.25) is 0 Å². The predicted molar refractivity (Wildman–Crippen MR) is 138 cm³/mol. The number of aliphatic imine (C=N–C) groups is 1. The lowest BCUT2D eigenvalue weighted by atomic mass is 10.1. The van der Waals surface area contributed by atoms with Crippen LogP contribution in [0.1, 0.15) is 42.5 Å². The van der Waals surface area contributed by atoms with Crippen LogP contribution in [0.25, 0.3) is 0 Å². The first-order valence-corrected chi connectivity index (χ1v) is 12.2. The lowest BCUT2D eigenvalue weighted by molar-refractivity contribution is 0.121. The molecular weight excluding hydrogens is 525 g/mol. The highest BCUT2D eigenvalue weighted by Crippen LogP contribution is 2.17. The molecule has 0 amide bonds. The van der Waals surface area contributed by atoms with E-state index in [2.05, 4.69) is 34.7 Å². The summed E-state index contributed by atoms with van der Waals surface area (Å²) in [7, 11) is -3.21. The van der Waals surface area contributed by atoms with Crippen molar-refractivity contribution in [1.29, 1.82) is 0 Å². The van der Waals surface area contributed by atoms with Crippen LogP contribution in [0.15, 0.2) is 52.4 Å². The van der Waals surface area contributed by atoms with Crippen molar-refractivity contribution < 1.29 is 13.2 Å². The van der Waals surface area contributed by atoms with Crippen molar-refractivity contribution in [2.24, 2.45) is 4.99 Å². The van der Waals surface area contributed by atoms with Gasteiger partial charge in [0.05, 0.1) is 18.0 Å². The van der Waals surface area contributed by atoms with Crippen molar-refractivity contribution in [3.8, 4) is 0 Å². The molecule has 31 heavy (non-hydrogen) atoms. The van der Waals surface area contributed by atoms with Gasteiger partial charge in [-0.2, -0.15) is 0 Å². The number of hydrogen-bond acceptors (Lipinski definition) is 4. The van der Waals surface area contributed by atoms with Crippen molar-refractivity contribution in [2.75, 3.05) is 19.4 Å². The molecule has 0 fully saturated rings. The molecule has 0 spiro atoms. The largest absolute Gasteiger partial charge is 0.377 e. The number of rotatable bonds is 10. The van der Waals surface area contributed by atoms with Crippen molar-refractivity contribution >= 4 is 39.8 Å². The molecule has 0 atom stereocenters. The molecule has 6 nitrogen and oxygen atoms in total. The van der Waals surface area contributed by atoms with Gasteiger partial charge in [-0.05, 0) is 48.6 Å². The van der Waals surface area contributed by atoms with Crippen molar-refractivity contribution in [3.63, 3.8) is 0 Å². The first-order valence-electron chi connectivity index (χ1n) is 10.3. The van der Waals surface area contributed by atoms with Gasteiger partial charge in [-0.25, -0.2) is 13.4 Å². The molecule has 0 aliphatic heterocycles. The first-order chi connectivity index (χ1) is 14.3. The van der Waals surface area contributed by atoms with Crippen LogP contribution in [-0.2, 0) is 34.3 Å². The van der Waals surface area contributed by atoms with Gasteiger partial charge in [-0.15, -0.1) is 24.0 Å². The maximum absolute atomic E-state index is 11.8. The van der Waals surface area contributed by atoms with Gasteiger partial charge in [-0.1, -0.05) is 43.3 Å². The average Bonchev–Trinajstić information content (AvgIpc) is 2.70. The minimum absolute atomic E-state index is 0. The Kier molecular flexibility index (Phi) is 12.1. The maximum Gasteiger partial charge on any atom is 0.191 e. The molecule has 8 heteroatoms. The summed E-state index contributed by atoms with van der Waals surface area (Å²) in [6, 6.07) is 13.6. The normalized spacial score (nSPS) is 11.7. The van der Waals surface area contributed by atoms with Crippen molar-refractivity contribution in [3.05, 3.63) is 64.7 Å². The smallest absolute Gasteiger partial charge is 0.191 e. The van der Waals surface area contributed by atoms with Gasteiger partial charge >= 0.3 is 0 Å². The Hall–Kier alpha value is -1.65. The van der Waals surface area contributed by atoms with Crippen LogP contribution >= 0.6 is 24.0 Å². The molecule has 0 unspecified atom stereocenters. The zero-order valence-electron chi connectivity index (χ0n) is 18.8. The number of guanidine groups is 1. The summed E-state index contributed by atoms with van der Waals surface area (Å²) in [5.41, 5.74) is 4.04. The van der Waals surface area contributed by atoms with E-state index in [4.69, 9.17) is 4.74 Å². The van der Waals surface area contributed by atoms with E-state index < -0.39 is 9.84 Å². The molecule has 2 N–H and O–H groups in total. The molecule has 0 radical (unpaired) electrons. The van der Waals surface area contributed by atoms with Gasteiger partial charge in [0, 0.05) is 26.0 Å². The van der Waals surface area contributed by atoms with Gasteiger partial charge in [0.25, 0.3) is 0 Å². The van der Waals surface area contributed by atoms with E-state index in [1.807, 2.05) is 38.1 Å². The number of nitrogens with zero attached hydrogens (tertiary/aromatic N) is 1. The fraction of sp³-hybridized carbons (Fsp3) is 0.435. The summed E-state index contributed by atoms with van der Waals surface area (Å²) >= 11 is 0. The fourth-order valence-electron chi connectivity index (χ4n) is 3.11. The number of halogens is 1. The van der Waals surface area contributed by atoms with Gasteiger partial charge in [0.2, 0.25) is 0 Å². The molecule has 0 aliphatic rings. The summed E-state index contributed by atoms with van der Waals surface area (Å²) in [4.78, 5) is 5.01. The first kappa shape index (κ1) is 27.4. The van der Waals surface area contributed by atoms with Gasteiger partial charge < -0.3 is 15.4 Å². The summed E-state index contributed by atoms with van der Waals surface area (Å²) in [5, 5.41) is 6.63. The second-order valence-corrected chi connectivity index (χ2v) is 9.23. The van der Waals surface area contributed by atoms with E-state index in [0.717, 1.165) is 30.7 Å². The summed E-state index contributed by atoms with van der Waals surface area (Å²) < 4.78 is 29.3. The van der Waals surface area contributed by atoms with Crippen LogP contribution in [0, 0.1) is 6.92 Å². The van der Waals surface area contributed by atoms with Crippen LogP contribution in [0.2, 0.25) is 0 Å². The third kappa shape index (κ3) is 9.16. The van der Waals surface area contributed by atoms with Crippen LogP contribution in [0.3, 0.4) is 0 Å². The molecule has 0 aromatic heterocycles. The fourth-order valence-corrected chi connectivity index (χ4v) is 4.07. The maximum atomic E-state index is 11.8. The summed E-state index contributed by atoms with van der Waals surface area (Å²) in [5.74, 6) is 0.714. The van der Waals surface area contributed by atoms with E-state index in [-0.39, 0.29) is 24.0 Å². The molecule has 172 valence electrons. The SMILES string of the molecule is CCCOCc1ccccc1CNC(=NCc1ccc(S(C)(=O)=O)c(C)c1)NCC.I. The standard InChI is InChI=1S/C23H33N3O3S.HI/c1-5-13-29-17-21-10-8-7-9-20(21)16-26-23(24-6-2)25-15-19-11-12-22(18(3)14-19)30(4,27)28;/h7-12,14H,5-6,13,15-17H2,1-4H3,(H2,24,25,26);1H. The third-order valence-corrected chi connectivity index (χ3v) is 5.83. The van der Waals surface area contributed by atoms with Crippen LogP contribution < -0.4 is 10.6 Å². The molecule has 2 aromatic carbocycles. The van der Waals surface area contributed by atoms with E-state index in [1.165, 1.54) is 17.4 Å². The van der Waals surface area contributed by atoms with E-state index in [0.29, 0.717) is 30.6 Å². The highest BCUT2D eigenvalue weighted by atomic mass is 127. The highest BCUT2D eigenvalue weighted by Gasteiger charge is 2.11. The van der Waals surface area contributed by atoms with Crippen molar-refractivity contribution in [2.45, 2.75) is 51.8 Å². The summed E-state index contributed by atoms with van der Waals surface area (Å²) in [6.07, 6.45) is 2.23. The number of benzene rings is 2. The monoisotopic (exact) mass is 559 g/mol. The summed E-state index contributed by atoms with van der Waals surface area (Å²) in [6.45, 7) is 9.14. The average molecular weight is 560 g/mol. The van der Waals surface area contributed by atoms with E-state index in [9.17, 15) is 8.42 Å². The molecule has 2 rings (SSSR count). The molecule has 0 heterocycles. The predicted octanol–water partition coefficient (Wildman–Crippen LogP) is 4.20. The van der Waals surface area contributed by atoms with Crippen LogP contribution in [0.4, 0.5) is 0 Å². The molecule has 0 saturated carbocycles. The van der Waals surface area contributed by atoms with Crippen molar-refractivity contribution in [1.82, 2.24) is 10.6 Å². The highest BCUT2D eigenvalue weighted by molar-refractivity contribution is 14.0. The third-order valence-electron chi connectivity index (χ3n) is 4.57. The topological polar surface area (TPSA) is 79.8 Å². The number of sulfone groups is 1. The van der Waals surface area contributed by atoms with E-state index >= 15 is 0 Å². The number of nitrogens with one attached hydrogen (secondary N) is 2. The number of ether oxygens (including phenoxy) is 1. The second kappa shape index (κ2) is 13.7. The number of aryl methyl sites for hydroxylation is 1. The Morgan fingerprint density at radius 3 is 2.39 bits per heavy atom. The van der Waals surface area contributed by atoms with Crippen LogP contribution in [0.5, 0.6) is 0 Å².